The van der Waals surface area contributed by atoms with Crippen LogP contribution in [0, 0.1) is 0 Å². The van der Waals surface area contributed by atoms with E-state index in [4.69, 9.17) is 5.73 Å². The summed E-state index contributed by atoms with van der Waals surface area (Å²) in [6.45, 7) is 1.39. The number of nitrogens with one attached hydrogen (secondary N) is 1. The van der Waals surface area contributed by atoms with E-state index in [1.807, 2.05) is 0 Å². The smallest absolute Gasteiger partial charge is 0.323 e. The normalized spacial score (nSPS) is 13.1. The van der Waals surface area contributed by atoms with Crippen LogP contribution in [0.4, 0.5) is 5.69 Å². The zero-order chi connectivity index (χ0) is 13.9. The molecule has 3 N–H and O–H groups in total. The lowest BCUT2D eigenvalue weighted by Gasteiger charge is -2.13. The van der Waals surface area contributed by atoms with E-state index in [0.717, 1.165) is 0 Å². The summed E-state index contributed by atoms with van der Waals surface area (Å²) in [6.07, 6.45) is 0. The number of ether oxygens (including phenoxy) is 1. The number of esters is 1. The second-order valence-corrected chi connectivity index (χ2v) is 6.09. The van der Waals surface area contributed by atoms with Crippen molar-refractivity contribution >= 4 is 37.6 Å². The van der Waals surface area contributed by atoms with Crippen molar-refractivity contribution in [1.29, 1.82) is 0 Å². The molecule has 0 amide bonds. The number of methoxy groups -OCH3 is 1. The van der Waals surface area contributed by atoms with Gasteiger partial charge in [0.25, 0.3) is 0 Å². The van der Waals surface area contributed by atoms with Gasteiger partial charge in [-0.3, -0.25) is 4.79 Å². The molecule has 0 radical (unpaired) electrons. The number of anilines is 1. The number of rotatable bonds is 4. The van der Waals surface area contributed by atoms with Crippen LogP contribution < -0.4 is 10.5 Å². The summed E-state index contributed by atoms with van der Waals surface area (Å²) in [4.78, 5) is 11.2. The highest BCUT2D eigenvalue weighted by Crippen LogP contribution is 2.24. The lowest BCUT2D eigenvalue weighted by molar-refractivity contribution is -0.142. The number of carbonyl (C=O) groups is 1. The molecule has 1 unspecified atom stereocenters. The Labute approximate surface area is 114 Å². The fraction of sp³-hybridized carbons (Fsp3) is 0.300. The zero-order valence-electron chi connectivity index (χ0n) is 9.81. The van der Waals surface area contributed by atoms with Gasteiger partial charge in [0, 0.05) is 10.2 Å². The van der Waals surface area contributed by atoms with Gasteiger partial charge in [-0.25, -0.2) is 8.42 Å². The van der Waals surface area contributed by atoms with Gasteiger partial charge in [0.2, 0.25) is 10.0 Å². The van der Waals surface area contributed by atoms with Gasteiger partial charge in [0.15, 0.2) is 0 Å². The van der Waals surface area contributed by atoms with E-state index in [-0.39, 0.29) is 4.90 Å². The first-order valence-electron chi connectivity index (χ1n) is 4.93. The molecule has 8 heteroatoms. The van der Waals surface area contributed by atoms with Crippen molar-refractivity contribution in [1.82, 2.24) is 4.72 Å². The highest BCUT2D eigenvalue weighted by Gasteiger charge is 2.24. The number of benzene rings is 1. The highest BCUT2D eigenvalue weighted by molar-refractivity contribution is 9.10. The predicted octanol–water partition coefficient (Wildman–Crippen LogP) is 0.871. The quantitative estimate of drug-likeness (QED) is 0.628. The van der Waals surface area contributed by atoms with Gasteiger partial charge < -0.3 is 10.5 Å². The van der Waals surface area contributed by atoms with E-state index < -0.39 is 22.0 Å². The minimum absolute atomic E-state index is 0.0294. The topological polar surface area (TPSA) is 98.5 Å². The van der Waals surface area contributed by atoms with E-state index in [0.29, 0.717) is 10.2 Å². The van der Waals surface area contributed by atoms with Gasteiger partial charge in [-0.2, -0.15) is 4.72 Å². The Hall–Kier alpha value is -1.12. The standard InChI is InChI=1S/C10H13BrN2O4S/c1-6(10(14)17-2)13-18(15,16)9-5-7(12)3-4-8(9)11/h3-6,13H,12H2,1-2H3. The number of nitrogen functional groups attached to an aromatic ring is 1. The second kappa shape index (κ2) is 5.68. The summed E-state index contributed by atoms with van der Waals surface area (Å²) in [6, 6.07) is 3.41. The van der Waals surface area contributed by atoms with E-state index in [9.17, 15) is 13.2 Å². The molecule has 0 spiro atoms. The molecule has 18 heavy (non-hydrogen) atoms. The van der Waals surface area contributed by atoms with Crippen LogP contribution in [0.15, 0.2) is 27.6 Å². The summed E-state index contributed by atoms with van der Waals surface area (Å²) in [5.41, 5.74) is 5.85. The van der Waals surface area contributed by atoms with Crippen molar-refractivity contribution in [3.05, 3.63) is 22.7 Å². The number of hydrogen-bond donors (Lipinski definition) is 2. The Balaban J connectivity index is 3.07. The van der Waals surface area contributed by atoms with Crippen LogP contribution in [0.1, 0.15) is 6.92 Å². The average Bonchev–Trinajstić information content (AvgIpc) is 2.30. The molecule has 100 valence electrons. The molecule has 0 aliphatic heterocycles. The molecule has 1 atom stereocenters. The first-order valence-corrected chi connectivity index (χ1v) is 7.20. The maximum atomic E-state index is 12.0. The fourth-order valence-corrected chi connectivity index (χ4v) is 3.44. The average molecular weight is 337 g/mol. The number of carbonyl (C=O) groups excluding carboxylic acids is 1. The summed E-state index contributed by atoms with van der Waals surface area (Å²) in [7, 11) is -2.66. The Morgan fingerprint density at radius 1 is 1.50 bits per heavy atom. The number of hydrogen-bond acceptors (Lipinski definition) is 5. The molecule has 0 saturated heterocycles. The maximum Gasteiger partial charge on any atom is 0.323 e. The highest BCUT2D eigenvalue weighted by atomic mass is 79.9. The molecule has 0 aliphatic rings. The lowest BCUT2D eigenvalue weighted by Crippen LogP contribution is -2.39. The third-order valence-electron chi connectivity index (χ3n) is 2.13. The molecule has 0 saturated carbocycles. The minimum Gasteiger partial charge on any atom is -0.468 e. The third-order valence-corrected chi connectivity index (χ3v) is 4.67. The number of nitrogens with two attached hydrogens (primary N) is 1. The Morgan fingerprint density at radius 2 is 2.11 bits per heavy atom. The Bertz CT molecular complexity index is 559. The van der Waals surface area contributed by atoms with Gasteiger partial charge in [-0.1, -0.05) is 0 Å². The Morgan fingerprint density at radius 3 is 2.67 bits per heavy atom. The second-order valence-electron chi connectivity index (χ2n) is 3.56. The van der Waals surface area contributed by atoms with Gasteiger partial charge in [-0.15, -0.1) is 0 Å². The molecular formula is C10H13BrN2O4S. The monoisotopic (exact) mass is 336 g/mol. The molecule has 0 fully saturated rings. The van der Waals surface area contributed by atoms with Gasteiger partial charge in [0.1, 0.15) is 6.04 Å². The van der Waals surface area contributed by atoms with Crippen molar-refractivity contribution in [3.8, 4) is 0 Å². The van der Waals surface area contributed by atoms with Gasteiger partial charge >= 0.3 is 5.97 Å². The van der Waals surface area contributed by atoms with E-state index in [1.54, 1.807) is 6.07 Å². The molecule has 0 aliphatic carbocycles. The van der Waals surface area contributed by atoms with Gasteiger partial charge in [-0.05, 0) is 41.1 Å². The number of sulfonamides is 1. The first kappa shape index (κ1) is 14.9. The van der Waals surface area contributed by atoms with Crippen LogP contribution in [-0.4, -0.2) is 27.5 Å². The van der Waals surface area contributed by atoms with Crippen molar-refractivity contribution in [2.75, 3.05) is 12.8 Å². The van der Waals surface area contributed by atoms with E-state index >= 15 is 0 Å². The summed E-state index contributed by atoms with van der Waals surface area (Å²) in [5.74, 6) is -0.668. The van der Waals surface area contributed by atoms with Crippen LogP contribution in [0.3, 0.4) is 0 Å². The third kappa shape index (κ3) is 3.44. The van der Waals surface area contributed by atoms with Crippen LogP contribution in [0.5, 0.6) is 0 Å². The van der Waals surface area contributed by atoms with Crippen LogP contribution in [0.2, 0.25) is 0 Å². The number of halogens is 1. The molecule has 1 aromatic carbocycles. The lowest BCUT2D eigenvalue weighted by atomic mass is 10.3. The van der Waals surface area contributed by atoms with Crippen molar-refractivity contribution in [3.63, 3.8) is 0 Å². The molecule has 0 bridgehead atoms. The molecule has 1 rings (SSSR count). The van der Waals surface area contributed by atoms with E-state index in [1.165, 1.54) is 26.2 Å². The maximum absolute atomic E-state index is 12.0. The van der Waals surface area contributed by atoms with Crippen molar-refractivity contribution < 1.29 is 17.9 Å². The van der Waals surface area contributed by atoms with E-state index in [2.05, 4.69) is 25.4 Å². The Kier molecular flexibility index (Phi) is 4.71. The zero-order valence-corrected chi connectivity index (χ0v) is 12.2. The minimum atomic E-state index is -3.85. The van der Waals surface area contributed by atoms with Crippen LogP contribution in [0.25, 0.3) is 0 Å². The summed E-state index contributed by atoms with van der Waals surface area (Å²) in [5, 5.41) is 0. The first-order chi connectivity index (χ1) is 8.27. The molecule has 1 aromatic rings. The van der Waals surface area contributed by atoms with Crippen molar-refractivity contribution in [2.24, 2.45) is 0 Å². The van der Waals surface area contributed by atoms with Crippen molar-refractivity contribution in [2.45, 2.75) is 17.9 Å². The van der Waals surface area contributed by atoms with Crippen LogP contribution >= 0.6 is 15.9 Å². The summed E-state index contributed by atoms with van der Waals surface area (Å²) < 4.78 is 31.1. The molecule has 0 aromatic heterocycles. The molecule has 6 nitrogen and oxygen atoms in total. The predicted molar refractivity (Wildman–Crippen MR) is 70.4 cm³/mol. The largest absolute Gasteiger partial charge is 0.468 e. The van der Waals surface area contributed by atoms with Gasteiger partial charge in [0.05, 0.1) is 12.0 Å². The van der Waals surface area contributed by atoms with Crippen LogP contribution in [-0.2, 0) is 19.6 Å². The SMILES string of the molecule is COC(=O)C(C)NS(=O)(=O)c1cc(N)ccc1Br. The molecule has 0 heterocycles. The fourth-order valence-electron chi connectivity index (χ4n) is 1.25. The molecular weight excluding hydrogens is 324 g/mol. The summed E-state index contributed by atoms with van der Waals surface area (Å²) >= 11 is 3.12.